The van der Waals surface area contributed by atoms with Crippen LogP contribution in [0, 0.1) is 5.92 Å². The lowest BCUT2D eigenvalue weighted by Gasteiger charge is -2.27. The van der Waals surface area contributed by atoms with Crippen LogP contribution >= 0.6 is 0 Å². The monoisotopic (exact) mass is 312 g/mol. The van der Waals surface area contributed by atoms with Crippen LogP contribution in [-0.2, 0) is 14.3 Å². The summed E-state index contributed by atoms with van der Waals surface area (Å²) in [5.41, 5.74) is 0. The molecule has 22 heavy (non-hydrogen) atoms. The molecule has 0 aliphatic carbocycles. The van der Waals surface area contributed by atoms with Gasteiger partial charge in [-0.1, -0.05) is 26.7 Å². The first-order valence-corrected chi connectivity index (χ1v) is 8.62. The lowest BCUT2D eigenvalue weighted by Crippen LogP contribution is -2.41. The fraction of sp³-hybridized carbons (Fsp3) is 0.882. The molecule has 0 unspecified atom stereocenters. The van der Waals surface area contributed by atoms with Gasteiger partial charge in [0.2, 0.25) is 11.8 Å². The first-order valence-electron chi connectivity index (χ1n) is 8.62. The molecule has 0 aromatic carbocycles. The largest absolute Gasteiger partial charge is 0.383 e. The van der Waals surface area contributed by atoms with Crippen LogP contribution in [-0.4, -0.2) is 61.0 Å². The molecule has 0 aromatic rings. The second-order valence-electron chi connectivity index (χ2n) is 6.28. The van der Waals surface area contributed by atoms with Crippen molar-refractivity contribution in [3.8, 4) is 0 Å². The number of rotatable bonds is 10. The molecule has 5 nitrogen and oxygen atoms in total. The highest BCUT2D eigenvalue weighted by atomic mass is 16.5. The van der Waals surface area contributed by atoms with Gasteiger partial charge < -0.3 is 14.5 Å². The van der Waals surface area contributed by atoms with Crippen LogP contribution in [0.15, 0.2) is 0 Å². The van der Waals surface area contributed by atoms with Gasteiger partial charge in [-0.3, -0.25) is 9.59 Å². The van der Waals surface area contributed by atoms with Gasteiger partial charge in [-0.2, -0.15) is 0 Å². The summed E-state index contributed by atoms with van der Waals surface area (Å²) in [6.07, 6.45) is 4.56. The van der Waals surface area contributed by atoms with Crippen LogP contribution in [0.5, 0.6) is 0 Å². The first kappa shape index (κ1) is 18.9. The average Bonchev–Trinajstić information content (AvgIpc) is 2.89. The number of nitrogens with zero attached hydrogens (tertiary/aromatic N) is 2. The summed E-state index contributed by atoms with van der Waals surface area (Å²) in [7, 11) is 1.64. The molecular weight excluding hydrogens is 280 g/mol. The third-order valence-corrected chi connectivity index (χ3v) is 4.32. The van der Waals surface area contributed by atoms with E-state index in [9.17, 15) is 9.59 Å². The molecule has 5 heteroatoms. The van der Waals surface area contributed by atoms with Crippen LogP contribution in [0.4, 0.5) is 0 Å². The minimum atomic E-state index is -0.180. The lowest BCUT2D eigenvalue weighted by molar-refractivity contribution is -0.136. The SMILES string of the molecule is CCCCN(CCCC)C(=O)[C@@H]1CC(=O)N([C@@H](C)COC)C1. The molecule has 1 saturated heterocycles. The molecule has 0 radical (unpaired) electrons. The molecular formula is C17H32N2O3. The van der Waals surface area contributed by atoms with E-state index >= 15 is 0 Å². The zero-order valence-corrected chi connectivity index (χ0v) is 14.6. The molecule has 128 valence electrons. The van der Waals surface area contributed by atoms with Gasteiger partial charge in [0.1, 0.15) is 0 Å². The quantitative estimate of drug-likeness (QED) is 0.622. The predicted molar refractivity (Wildman–Crippen MR) is 87.6 cm³/mol. The van der Waals surface area contributed by atoms with E-state index in [1.54, 1.807) is 12.0 Å². The van der Waals surface area contributed by atoms with E-state index < -0.39 is 0 Å². The van der Waals surface area contributed by atoms with Crippen molar-refractivity contribution < 1.29 is 14.3 Å². The minimum absolute atomic E-state index is 0.0371. The molecule has 1 heterocycles. The van der Waals surface area contributed by atoms with Gasteiger partial charge in [0, 0.05) is 33.2 Å². The van der Waals surface area contributed by atoms with Gasteiger partial charge in [0.15, 0.2) is 0 Å². The van der Waals surface area contributed by atoms with Gasteiger partial charge in [-0.25, -0.2) is 0 Å². The van der Waals surface area contributed by atoms with Crippen molar-refractivity contribution >= 4 is 11.8 Å². The zero-order chi connectivity index (χ0) is 16.5. The second kappa shape index (κ2) is 9.82. The normalized spacial score (nSPS) is 19.5. The number of carbonyl (C=O) groups excluding carboxylic acids is 2. The highest BCUT2D eigenvalue weighted by Crippen LogP contribution is 2.23. The van der Waals surface area contributed by atoms with E-state index in [4.69, 9.17) is 4.74 Å². The third-order valence-electron chi connectivity index (χ3n) is 4.32. The van der Waals surface area contributed by atoms with Gasteiger partial charge in [0.25, 0.3) is 0 Å². The van der Waals surface area contributed by atoms with E-state index in [1.165, 1.54) is 0 Å². The van der Waals surface area contributed by atoms with Crippen molar-refractivity contribution in [2.24, 2.45) is 5.92 Å². The minimum Gasteiger partial charge on any atom is -0.383 e. The molecule has 1 aliphatic heterocycles. The molecule has 1 rings (SSSR count). The summed E-state index contributed by atoms with van der Waals surface area (Å²) in [6, 6.07) is 0.0371. The van der Waals surface area contributed by atoms with Crippen LogP contribution in [0.25, 0.3) is 0 Å². The average molecular weight is 312 g/mol. The Labute approximate surface area is 135 Å². The Balaban J connectivity index is 2.64. The number of amides is 2. The zero-order valence-electron chi connectivity index (χ0n) is 14.6. The Bertz CT molecular complexity index is 352. The number of methoxy groups -OCH3 is 1. The number of hydrogen-bond acceptors (Lipinski definition) is 3. The maximum Gasteiger partial charge on any atom is 0.227 e. The van der Waals surface area contributed by atoms with E-state index in [0.29, 0.717) is 19.6 Å². The van der Waals surface area contributed by atoms with Gasteiger partial charge in [-0.15, -0.1) is 0 Å². The number of ether oxygens (including phenoxy) is 1. The molecule has 0 bridgehead atoms. The number of carbonyl (C=O) groups is 2. The molecule has 0 aromatic heterocycles. The van der Waals surface area contributed by atoms with E-state index in [1.807, 2.05) is 11.8 Å². The Morgan fingerprint density at radius 3 is 2.41 bits per heavy atom. The topological polar surface area (TPSA) is 49.9 Å². The van der Waals surface area contributed by atoms with Crippen molar-refractivity contribution in [2.45, 2.75) is 58.9 Å². The summed E-state index contributed by atoms with van der Waals surface area (Å²) in [6.45, 7) is 8.92. The summed E-state index contributed by atoms with van der Waals surface area (Å²) in [5.74, 6) is 0.0525. The molecule has 1 fully saturated rings. The van der Waals surface area contributed by atoms with Gasteiger partial charge >= 0.3 is 0 Å². The molecule has 0 saturated carbocycles. The number of likely N-dealkylation sites (tertiary alicyclic amines) is 1. The van der Waals surface area contributed by atoms with Gasteiger partial charge in [0.05, 0.1) is 18.6 Å². The molecule has 0 N–H and O–H groups in total. The highest BCUT2D eigenvalue weighted by molar-refractivity contribution is 5.89. The molecule has 1 aliphatic rings. The lowest BCUT2D eigenvalue weighted by atomic mass is 10.1. The van der Waals surface area contributed by atoms with Crippen molar-refractivity contribution in [2.75, 3.05) is 33.4 Å². The summed E-state index contributed by atoms with van der Waals surface area (Å²) < 4.78 is 5.12. The predicted octanol–water partition coefficient (Wildman–Crippen LogP) is 2.30. The molecule has 2 atom stereocenters. The van der Waals surface area contributed by atoms with Crippen molar-refractivity contribution in [1.82, 2.24) is 9.80 Å². The fourth-order valence-corrected chi connectivity index (χ4v) is 2.94. The fourth-order valence-electron chi connectivity index (χ4n) is 2.94. The highest BCUT2D eigenvalue weighted by Gasteiger charge is 2.38. The Hall–Kier alpha value is -1.10. The smallest absolute Gasteiger partial charge is 0.227 e. The van der Waals surface area contributed by atoms with Gasteiger partial charge in [-0.05, 0) is 19.8 Å². The van der Waals surface area contributed by atoms with E-state index in [2.05, 4.69) is 13.8 Å². The van der Waals surface area contributed by atoms with Crippen molar-refractivity contribution in [1.29, 1.82) is 0 Å². The summed E-state index contributed by atoms with van der Waals surface area (Å²) in [4.78, 5) is 28.7. The maximum absolute atomic E-state index is 12.7. The van der Waals surface area contributed by atoms with Crippen LogP contribution in [0.1, 0.15) is 52.9 Å². The maximum atomic E-state index is 12.7. The van der Waals surface area contributed by atoms with E-state index in [0.717, 1.165) is 38.8 Å². The van der Waals surface area contributed by atoms with Crippen LogP contribution < -0.4 is 0 Å². The number of hydrogen-bond donors (Lipinski definition) is 0. The number of unbranched alkanes of at least 4 members (excludes halogenated alkanes) is 2. The third kappa shape index (κ3) is 5.27. The van der Waals surface area contributed by atoms with Crippen LogP contribution in [0.3, 0.4) is 0 Å². The summed E-state index contributed by atoms with van der Waals surface area (Å²) >= 11 is 0. The standard InChI is InChI=1S/C17H32N2O3/c1-5-7-9-18(10-8-6-2)17(21)15-11-16(20)19(12-15)14(3)13-22-4/h14-15H,5-13H2,1-4H3/t14-,15+/m0/s1. The molecule has 2 amide bonds. The van der Waals surface area contributed by atoms with Crippen molar-refractivity contribution in [3.05, 3.63) is 0 Å². The first-order chi connectivity index (χ1) is 10.5. The molecule has 0 spiro atoms. The Morgan fingerprint density at radius 2 is 1.91 bits per heavy atom. The van der Waals surface area contributed by atoms with Crippen molar-refractivity contribution in [3.63, 3.8) is 0 Å². The second-order valence-corrected chi connectivity index (χ2v) is 6.28. The Kier molecular flexibility index (Phi) is 8.46. The van der Waals surface area contributed by atoms with E-state index in [-0.39, 0.29) is 23.8 Å². The van der Waals surface area contributed by atoms with Crippen LogP contribution in [0.2, 0.25) is 0 Å². The Morgan fingerprint density at radius 1 is 1.32 bits per heavy atom. The summed E-state index contributed by atoms with van der Waals surface area (Å²) in [5, 5.41) is 0.